The topological polar surface area (TPSA) is 43.4 Å². The summed E-state index contributed by atoms with van der Waals surface area (Å²) in [6.07, 6.45) is 0.152. The monoisotopic (exact) mass is 582 g/mol. The maximum atomic E-state index is 13.7. The lowest BCUT2D eigenvalue weighted by Gasteiger charge is -2.39. The van der Waals surface area contributed by atoms with E-state index in [1.807, 2.05) is 0 Å². The quantitative estimate of drug-likeness (QED) is 0.0927. The summed E-state index contributed by atoms with van der Waals surface area (Å²) in [6.45, 7) is 0.765. The lowest BCUT2D eigenvalue weighted by atomic mass is 9.98. The Kier molecular flexibility index (Phi) is 12.3. The zero-order chi connectivity index (χ0) is 28.7. The van der Waals surface area contributed by atoms with Crippen LogP contribution in [0.4, 0.5) is 57.1 Å². The molecule has 218 valence electrons. The molecule has 0 atom stereocenters. The van der Waals surface area contributed by atoms with Crippen molar-refractivity contribution in [2.24, 2.45) is 0 Å². The van der Waals surface area contributed by atoms with Gasteiger partial charge in [-0.05, 0) is 6.42 Å². The first-order chi connectivity index (χ1) is 16.1. The highest BCUT2D eigenvalue weighted by Gasteiger charge is 2.92. The molecule has 3 nitrogen and oxygen atoms in total. The zero-order valence-corrected chi connectivity index (χ0v) is 19.8. The van der Waals surface area contributed by atoms with Crippen LogP contribution in [0.25, 0.3) is 0 Å². The third kappa shape index (κ3) is 7.31. The van der Waals surface area contributed by atoms with Crippen molar-refractivity contribution in [2.75, 3.05) is 6.61 Å². The first-order valence-corrected chi connectivity index (χ1v) is 12.3. The minimum atomic E-state index is -8.19. The van der Waals surface area contributed by atoms with Gasteiger partial charge in [-0.2, -0.15) is 65.5 Å². The molecule has 0 bridgehead atoms. The van der Waals surface area contributed by atoms with Gasteiger partial charge in [-0.3, -0.25) is 4.18 Å². The van der Waals surface area contributed by atoms with E-state index >= 15 is 0 Å². The van der Waals surface area contributed by atoms with Gasteiger partial charge in [0, 0.05) is 0 Å². The first-order valence-electron chi connectivity index (χ1n) is 10.9. The van der Waals surface area contributed by atoms with Gasteiger partial charge in [-0.1, -0.05) is 71.1 Å². The van der Waals surface area contributed by atoms with Crippen molar-refractivity contribution < 1.29 is 69.7 Å². The summed E-state index contributed by atoms with van der Waals surface area (Å²) in [5.41, 5.74) is 0. The van der Waals surface area contributed by atoms with Crippen molar-refractivity contribution in [3.05, 3.63) is 0 Å². The van der Waals surface area contributed by atoms with E-state index in [-0.39, 0.29) is 12.8 Å². The molecule has 0 aromatic heterocycles. The lowest BCUT2D eigenvalue weighted by Crippen LogP contribution is -2.71. The van der Waals surface area contributed by atoms with E-state index in [2.05, 4.69) is 11.1 Å². The van der Waals surface area contributed by atoms with Crippen LogP contribution >= 0.6 is 0 Å². The van der Waals surface area contributed by atoms with Crippen LogP contribution in [0.15, 0.2) is 0 Å². The molecule has 0 aliphatic rings. The standard InChI is InChI=1S/C19H27F13O3S/c1-2-3-4-5-6-7-8-9-10-11-12-13-35-36(33,34)19(31,32)17(26,27)15(22,23)14(20,21)16(24,25)18(28,29)30/h2-13H2,1H3. The van der Waals surface area contributed by atoms with Crippen molar-refractivity contribution in [2.45, 2.75) is 113 Å². The Hall–Kier alpha value is -1.00. The van der Waals surface area contributed by atoms with Crippen LogP contribution in [0.3, 0.4) is 0 Å². The van der Waals surface area contributed by atoms with Crippen LogP contribution in [-0.4, -0.2) is 50.1 Å². The molecule has 0 rings (SSSR count). The second-order valence-corrected chi connectivity index (χ2v) is 9.78. The average Bonchev–Trinajstić information content (AvgIpc) is 2.72. The molecule has 17 heteroatoms. The van der Waals surface area contributed by atoms with Gasteiger partial charge in [-0.25, -0.2) is 0 Å². The number of rotatable bonds is 18. The van der Waals surface area contributed by atoms with Gasteiger partial charge in [-0.15, -0.1) is 0 Å². The second-order valence-electron chi connectivity index (χ2n) is 8.12. The summed E-state index contributed by atoms with van der Waals surface area (Å²) in [4.78, 5) is 0. The fourth-order valence-electron chi connectivity index (χ4n) is 2.92. The molecule has 0 radical (unpaired) electrons. The van der Waals surface area contributed by atoms with Gasteiger partial charge in [0.15, 0.2) is 0 Å². The van der Waals surface area contributed by atoms with Crippen molar-refractivity contribution in [1.29, 1.82) is 0 Å². The molecule has 0 saturated carbocycles. The molecule has 0 aromatic carbocycles. The van der Waals surface area contributed by atoms with Crippen LogP contribution in [0.5, 0.6) is 0 Å². The minimum Gasteiger partial charge on any atom is -0.265 e. The fraction of sp³-hybridized carbons (Fsp3) is 1.00. The maximum Gasteiger partial charge on any atom is 0.460 e. The molecule has 0 aliphatic heterocycles. The molecule has 0 N–H and O–H groups in total. The maximum absolute atomic E-state index is 13.7. The first kappa shape index (κ1) is 35.0. The number of hydrogen-bond acceptors (Lipinski definition) is 3. The van der Waals surface area contributed by atoms with Crippen LogP contribution in [-0.2, 0) is 14.3 Å². The molecule has 0 heterocycles. The zero-order valence-electron chi connectivity index (χ0n) is 19.0. The van der Waals surface area contributed by atoms with Crippen molar-refractivity contribution in [1.82, 2.24) is 0 Å². The van der Waals surface area contributed by atoms with E-state index in [0.717, 1.165) is 44.9 Å². The fourth-order valence-corrected chi connectivity index (χ4v) is 3.85. The normalized spacial score (nSPS) is 14.9. The average molecular weight is 582 g/mol. The van der Waals surface area contributed by atoms with Gasteiger partial charge in [0.2, 0.25) is 0 Å². The van der Waals surface area contributed by atoms with E-state index in [9.17, 15) is 65.5 Å². The summed E-state index contributed by atoms with van der Waals surface area (Å²) >= 11 is 0. The molecule has 0 aliphatic carbocycles. The third-order valence-electron chi connectivity index (χ3n) is 5.20. The van der Waals surface area contributed by atoms with E-state index in [0.29, 0.717) is 12.8 Å². The van der Waals surface area contributed by atoms with Crippen molar-refractivity contribution in [3.8, 4) is 0 Å². The highest BCUT2D eigenvalue weighted by atomic mass is 32.2. The Labute approximate surface area is 199 Å². The molecule has 0 aromatic rings. The van der Waals surface area contributed by atoms with Crippen molar-refractivity contribution in [3.63, 3.8) is 0 Å². The molecular weight excluding hydrogens is 555 g/mol. The van der Waals surface area contributed by atoms with E-state index in [1.165, 1.54) is 0 Å². The Bertz CT molecular complexity index is 765. The molecule has 0 saturated heterocycles. The molecule has 0 spiro atoms. The van der Waals surface area contributed by atoms with Crippen LogP contribution in [0.1, 0.15) is 77.6 Å². The predicted octanol–water partition coefficient (Wildman–Crippen LogP) is 8.34. The predicted molar refractivity (Wildman–Crippen MR) is 102 cm³/mol. The minimum absolute atomic E-state index is 0.110. The van der Waals surface area contributed by atoms with Crippen LogP contribution in [0, 0.1) is 0 Å². The SMILES string of the molecule is CCCCCCCCCCCCCOS(=O)(=O)C(F)(F)C(F)(F)C(F)(F)C(F)(F)C(F)(F)C(F)(F)F. The van der Waals surface area contributed by atoms with E-state index < -0.39 is 51.8 Å². The van der Waals surface area contributed by atoms with E-state index in [1.54, 1.807) is 0 Å². The van der Waals surface area contributed by atoms with Gasteiger partial charge in [0.25, 0.3) is 0 Å². The van der Waals surface area contributed by atoms with E-state index in [4.69, 9.17) is 0 Å². The number of alkyl halides is 13. The van der Waals surface area contributed by atoms with Gasteiger partial charge in [0.05, 0.1) is 6.61 Å². The Morgan fingerprint density at radius 1 is 0.500 bits per heavy atom. The number of halogens is 13. The molecule has 36 heavy (non-hydrogen) atoms. The Morgan fingerprint density at radius 2 is 0.833 bits per heavy atom. The summed E-state index contributed by atoms with van der Waals surface area (Å²) in [7, 11) is -7.18. The Morgan fingerprint density at radius 3 is 1.19 bits per heavy atom. The largest absolute Gasteiger partial charge is 0.460 e. The third-order valence-corrected chi connectivity index (χ3v) is 6.57. The summed E-state index contributed by atoms with van der Waals surface area (Å²) < 4.78 is 196. The molecular formula is C19H27F13O3S. The number of unbranched alkanes of at least 4 members (excludes halogenated alkanes) is 10. The summed E-state index contributed by atoms with van der Waals surface area (Å²) in [6, 6.07) is 0. The Balaban J connectivity index is 5.08. The molecule has 0 amide bonds. The molecule has 0 fully saturated rings. The van der Waals surface area contributed by atoms with Gasteiger partial charge < -0.3 is 0 Å². The lowest BCUT2D eigenvalue weighted by molar-refractivity contribution is -0.433. The van der Waals surface area contributed by atoms with Crippen LogP contribution in [0.2, 0.25) is 0 Å². The highest BCUT2D eigenvalue weighted by molar-refractivity contribution is 7.87. The van der Waals surface area contributed by atoms with Crippen molar-refractivity contribution >= 4 is 10.1 Å². The molecule has 0 unspecified atom stereocenters. The van der Waals surface area contributed by atoms with Crippen LogP contribution < -0.4 is 0 Å². The summed E-state index contributed by atoms with van der Waals surface area (Å²) in [5.74, 6) is -32.2. The van der Waals surface area contributed by atoms with Gasteiger partial charge in [0.1, 0.15) is 0 Å². The highest BCUT2D eigenvalue weighted by Crippen LogP contribution is 2.61. The second kappa shape index (κ2) is 12.7. The van der Waals surface area contributed by atoms with Gasteiger partial charge >= 0.3 is 45.2 Å². The number of hydrogen-bond donors (Lipinski definition) is 0. The summed E-state index contributed by atoms with van der Waals surface area (Å²) in [5, 5.41) is -7.30. The smallest absolute Gasteiger partial charge is 0.265 e.